The van der Waals surface area contributed by atoms with Crippen molar-refractivity contribution >= 4 is 11.9 Å². The van der Waals surface area contributed by atoms with Gasteiger partial charge >= 0.3 is 11.9 Å². The van der Waals surface area contributed by atoms with E-state index in [0.717, 1.165) is 16.7 Å². The molecule has 3 aromatic carbocycles. The minimum Gasteiger partial charge on any atom is -0.432 e. The largest absolute Gasteiger partial charge is 0.432 e. The summed E-state index contributed by atoms with van der Waals surface area (Å²) in [5.41, 5.74) is 5.90. The number of aryl methyl sites for hydroxylation is 3. The van der Waals surface area contributed by atoms with Crippen molar-refractivity contribution in [3.8, 4) is 16.9 Å². The van der Waals surface area contributed by atoms with Crippen molar-refractivity contribution < 1.29 is 23.8 Å². The fourth-order valence-electron chi connectivity index (χ4n) is 3.33. The Labute approximate surface area is 188 Å². The summed E-state index contributed by atoms with van der Waals surface area (Å²) >= 11 is 0. The lowest BCUT2D eigenvalue weighted by Gasteiger charge is -2.11. The number of ether oxygens (including phenoxy) is 3. The summed E-state index contributed by atoms with van der Waals surface area (Å²) in [7, 11) is 1.48. The van der Waals surface area contributed by atoms with Crippen LogP contribution in [0.5, 0.6) is 5.75 Å². The first-order valence-electron chi connectivity index (χ1n) is 10.6. The van der Waals surface area contributed by atoms with Gasteiger partial charge in [-0.15, -0.1) is 0 Å². The molecule has 0 spiro atoms. The maximum absolute atomic E-state index is 12.2. The minimum atomic E-state index is -0.599. The van der Waals surface area contributed by atoms with Crippen LogP contribution in [0.1, 0.15) is 40.4 Å². The van der Waals surface area contributed by atoms with Crippen LogP contribution in [0.3, 0.4) is 0 Å². The van der Waals surface area contributed by atoms with Crippen molar-refractivity contribution in [1.82, 2.24) is 0 Å². The molecule has 0 aliphatic rings. The lowest BCUT2D eigenvalue weighted by atomic mass is 10.0. The van der Waals surface area contributed by atoms with Crippen molar-refractivity contribution in [2.45, 2.75) is 39.9 Å². The van der Waals surface area contributed by atoms with Gasteiger partial charge in [0.2, 0.25) is 0 Å². The lowest BCUT2D eigenvalue weighted by molar-refractivity contribution is -0.134. The number of carbonyl (C=O) groups excluding carboxylic acids is 2. The van der Waals surface area contributed by atoms with Crippen LogP contribution in [0, 0.1) is 13.8 Å². The van der Waals surface area contributed by atoms with Crippen LogP contribution in [-0.4, -0.2) is 25.3 Å². The third-order valence-corrected chi connectivity index (χ3v) is 5.24. The molecule has 166 valence electrons. The van der Waals surface area contributed by atoms with Crippen LogP contribution in [0.4, 0.5) is 0 Å². The van der Waals surface area contributed by atoms with Crippen LogP contribution in [-0.2, 0) is 20.7 Å². The fourth-order valence-corrected chi connectivity index (χ4v) is 3.33. The summed E-state index contributed by atoms with van der Waals surface area (Å²) in [5, 5.41) is 0. The van der Waals surface area contributed by atoms with E-state index >= 15 is 0 Å². The van der Waals surface area contributed by atoms with Gasteiger partial charge in [0.25, 0.3) is 0 Å². The predicted molar refractivity (Wildman–Crippen MR) is 124 cm³/mol. The quantitative estimate of drug-likeness (QED) is 0.261. The van der Waals surface area contributed by atoms with E-state index in [9.17, 15) is 9.59 Å². The van der Waals surface area contributed by atoms with Crippen LogP contribution >= 0.6 is 0 Å². The van der Waals surface area contributed by atoms with Crippen LogP contribution in [0.15, 0.2) is 66.7 Å². The second-order valence-electron chi connectivity index (χ2n) is 7.71. The van der Waals surface area contributed by atoms with Crippen LogP contribution < -0.4 is 4.74 Å². The molecule has 0 saturated heterocycles. The van der Waals surface area contributed by atoms with Gasteiger partial charge in [-0.1, -0.05) is 48.0 Å². The molecule has 0 aliphatic carbocycles. The first-order valence-corrected chi connectivity index (χ1v) is 10.6. The Bertz CT molecular complexity index is 1070. The van der Waals surface area contributed by atoms with Gasteiger partial charge in [0, 0.05) is 13.5 Å². The van der Waals surface area contributed by atoms with Crippen molar-refractivity contribution in [3.63, 3.8) is 0 Å². The summed E-state index contributed by atoms with van der Waals surface area (Å²) in [6.45, 7) is 5.77. The van der Waals surface area contributed by atoms with Gasteiger partial charge in [0.15, 0.2) is 6.29 Å². The van der Waals surface area contributed by atoms with E-state index < -0.39 is 12.3 Å². The van der Waals surface area contributed by atoms with Gasteiger partial charge in [0.1, 0.15) is 5.75 Å². The molecule has 0 aliphatic heterocycles. The molecule has 5 heteroatoms. The number of rotatable bonds is 8. The zero-order chi connectivity index (χ0) is 23.1. The third-order valence-electron chi connectivity index (χ3n) is 5.24. The predicted octanol–water partition coefficient (Wildman–Crippen LogP) is 5.66. The zero-order valence-corrected chi connectivity index (χ0v) is 18.9. The van der Waals surface area contributed by atoms with Crippen molar-refractivity contribution in [2.24, 2.45) is 0 Å². The number of benzene rings is 3. The molecule has 1 unspecified atom stereocenters. The Morgan fingerprint density at radius 3 is 2.09 bits per heavy atom. The number of methoxy groups -OCH3 is 1. The van der Waals surface area contributed by atoms with Crippen LogP contribution in [0.2, 0.25) is 0 Å². The molecule has 0 aromatic heterocycles. The maximum atomic E-state index is 12.2. The smallest absolute Gasteiger partial charge is 0.340 e. The molecule has 0 saturated carbocycles. The summed E-state index contributed by atoms with van der Waals surface area (Å²) in [6, 6.07) is 20.7. The molecular weight excluding hydrogens is 404 g/mol. The summed E-state index contributed by atoms with van der Waals surface area (Å²) in [5.74, 6) is -0.187. The molecule has 0 radical (unpaired) electrons. The van der Waals surface area contributed by atoms with Gasteiger partial charge in [-0.3, -0.25) is 4.79 Å². The van der Waals surface area contributed by atoms with E-state index in [4.69, 9.17) is 14.2 Å². The fraction of sp³-hybridized carbons (Fsp3) is 0.259. The normalized spacial score (nSPS) is 11.6. The summed E-state index contributed by atoms with van der Waals surface area (Å²) < 4.78 is 15.6. The molecule has 32 heavy (non-hydrogen) atoms. The van der Waals surface area contributed by atoms with Gasteiger partial charge < -0.3 is 14.2 Å². The standard InChI is InChI=1S/C27H28O5/c1-18-5-6-21(19(2)17-18)13-16-26(28)32-25-14-11-23(12-15-25)22-7-9-24(10-8-22)27(29)31-20(3)30-4/h5-12,14-15,17,20H,13,16H2,1-4H3. The van der Waals surface area contributed by atoms with Crippen molar-refractivity contribution in [3.05, 3.63) is 89.0 Å². The second-order valence-corrected chi connectivity index (χ2v) is 7.71. The molecule has 1 atom stereocenters. The molecule has 0 bridgehead atoms. The average Bonchev–Trinajstić information content (AvgIpc) is 2.79. The highest BCUT2D eigenvalue weighted by Crippen LogP contribution is 2.24. The number of esters is 2. The molecule has 5 nitrogen and oxygen atoms in total. The number of carbonyl (C=O) groups is 2. The lowest BCUT2D eigenvalue weighted by Crippen LogP contribution is -2.16. The molecule has 3 rings (SSSR count). The molecule has 0 heterocycles. The monoisotopic (exact) mass is 432 g/mol. The van der Waals surface area contributed by atoms with Crippen molar-refractivity contribution in [2.75, 3.05) is 7.11 Å². The van der Waals surface area contributed by atoms with E-state index in [-0.39, 0.29) is 5.97 Å². The second kappa shape index (κ2) is 10.7. The molecule has 0 amide bonds. The van der Waals surface area contributed by atoms with Gasteiger partial charge in [-0.25, -0.2) is 4.79 Å². The topological polar surface area (TPSA) is 61.8 Å². The van der Waals surface area contributed by atoms with E-state index in [1.54, 1.807) is 31.2 Å². The average molecular weight is 433 g/mol. The van der Waals surface area contributed by atoms with E-state index in [2.05, 4.69) is 32.0 Å². The zero-order valence-electron chi connectivity index (χ0n) is 18.9. The Kier molecular flexibility index (Phi) is 7.79. The van der Waals surface area contributed by atoms with Gasteiger partial charge in [0.05, 0.1) is 5.56 Å². The first-order chi connectivity index (χ1) is 15.4. The maximum Gasteiger partial charge on any atom is 0.340 e. The Morgan fingerprint density at radius 2 is 1.50 bits per heavy atom. The molecule has 3 aromatic rings. The summed E-state index contributed by atoms with van der Waals surface area (Å²) in [4.78, 5) is 24.3. The van der Waals surface area contributed by atoms with Gasteiger partial charge in [-0.2, -0.15) is 0 Å². The molecule has 0 fully saturated rings. The molecular formula is C27H28O5. The highest BCUT2D eigenvalue weighted by atomic mass is 16.7. The Balaban J connectivity index is 1.56. The van der Waals surface area contributed by atoms with E-state index in [1.807, 2.05) is 24.3 Å². The Hall–Kier alpha value is -3.44. The van der Waals surface area contributed by atoms with Crippen molar-refractivity contribution in [1.29, 1.82) is 0 Å². The SMILES string of the molecule is COC(C)OC(=O)c1ccc(-c2ccc(OC(=O)CCc3ccc(C)cc3C)cc2)cc1. The summed E-state index contributed by atoms with van der Waals surface area (Å²) in [6.07, 6.45) is 0.379. The number of hydrogen-bond donors (Lipinski definition) is 0. The van der Waals surface area contributed by atoms with Crippen LogP contribution in [0.25, 0.3) is 11.1 Å². The highest BCUT2D eigenvalue weighted by Gasteiger charge is 2.12. The van der Waals surface area contributed by atoms with E-state index in [0.29, 0.717) is 24.2 Å². The third kappa shape index (κ3) is 6.28. The first kappa shape index (κ1) is 23.2. The Morgan fingerprint density at radius 1 is 0.875 bits per heavy atom. The van der Waals surface area contributed by atoms with Gasteiger partial charge in [-0.05, 0) is 73.7 Å². The van der Waals surface area contributed by atoms with E-state index in [1.165, 1.54) is 18.2 Å². The molecule has 0 N–H and O–H groups in total. The highest BCUT2D eigenvalue weighted by molar-refractivity contribution is 5.90. The minimum absolute atomic E-state index is 0.258. The number of hydrogen-bond acceptors (Lipinski definition) is 5.